The van der Waals surface area contributed by atoms with Crippen LogP contribution in [0.5, 0.6) is 0 Å². The van der Waals surface area contributed by atoms with Crippen LogP contribution in [0, 0.1) is 0 Å². The molecule has 2 N–H and O–H groups in total. The van der Waals surface area contributed by atoms with Crippen molar-refractivity contribution in [1.82, 2.24) is 30.2 Å². The molecule has 1 aromatic heterocycles. The number of likely N-dealkylation sites (tertiary alicyclic amines) is 1. The number of likely N-dealkylation sites (N-methyl/N-ethyl adjacent to an activating group) is 1. The molecule has 1 aliphatic rings. The molecule has 164 valence electrons. The second-order valence-electron chi connectivity index (χ2n) is 8.30. The van der Waals surface area contributed by atoms with E-state index in [0.717, 1.165) is 25.6 Å². The van der Waals surface area contributed by atoms with E-state index in [0.29, 0.717) is 6.54 Å². The highest BCUT2D eigenvalue weighted by molar-refractivity contribution is 5.79. The maximum absolute atomic E-state index is 4.79. The SMILES string of the molecule is CCNC(=NCc1ccc(CN2CCCC2)cc1)NCC(c1cnn(C)c1)N(C)C. The Bertz CT molecular complexity index is 788. The van der Waals surface area contributed by atoms with E-state index in [2.05, 4.69) is 77.0 Å². The van der Waals surface area contributed by atoms with Crippen LogP contribution in [0.2, 0.25) is 0 Å². The Labute approximate surface area is 181 Å². The molecule has 2 aromatic rings. The zero-order valence-electron chi connectivity index (χ0n) is 18.9. The zero-order valence-corrected chi connectivity index (χ0v) is 18.9. The first-order valence-electron chi connectivity index (χ1n) is 11.0. The summed E-state index contributed by atoms with van der Waals surface area (Å²) in [6, 6.07) is 9.13. The highest BCUT2D eigenvalue weighted by Gasteiger charge is 2.16. The Morgan fingerprint density at radius 2 is 1.83 bits per heavy atom. The molecule has 1 fully saturated rings. The second-order valence-corrected chi connectivity index (χ2v) is 8.30. The number of aliphatic imine (C=N–C) groups is 1. The van der Waals surface area contributed by atoms with Crippen LogP contribution in [0.4, 0.5) is 0 Å². The van der Waals surface area contributed by atoms with Gasteiger partial charge in [0.05, 0.1) is 18.8 Å². The highest BCUT2D eigenvalue weighted by atomic mass is 15.3. The molecule has 1 aliphatic heterocycles. The highest BCUT2D eigenvalue weighted by Crippen LogP contribution is 2.16. The fourth-order valence-electron chi connectivity index (χ4n) is 3.87. The van der Waals surface area contributed by atoms with Crippen LogP contribution in [0.15, 0.2) is 41.7 Å². The van der Waals surface area contributed by atoms with Crippen molar-refractivity contribution in [3.63, 3.8) is 0 Å². The molecule has 3 rings (SSSR count). The molecule has 0 saturated carbocycles. The first kappa shape index (κ1) is 22.3. The summed E-state index contributed by atoms with van der Waals surface area (Å²) in [4.78, 5) is 9.52. The Balaban J connectivity index is 1.56. The second kappa shape index (κ2) is 11.1. The minimum absolute atomic E-state index is 0.229. The minimum atomic E-state index is 0.229. The summed E-state index contributed by atoms with van der Waals surface area (Å²) in [7, 11) is 6.13. The van der Waals surface area contributed by atoms with Gasteiger partial charge in [0.1, 0.15) is 0 Å². The topological polar surface area (TPSA) is 60.7 Å². The van der Waals surface area contributed by atoms with E-state index in [4.69, 9.17) is 4.99 Å². The van der Waals surface area contributed by atoms with Gasteiger partial charge in [-0.15, -0.1) is 0 Å². The molecule has 0 amide bonds. The Morgan fingerprint density at radius 3 is 2.43 bits per heavy atom. The Kier molecular flexibility index (Phi) is 8.28. The molecule has 0 aliphatic carbocycles. The van der Waals surface area contributed by atoms with Gasteiger partial charge in [0.25, 0.3) is 0 Å². The monoisotopic (exact) mass is 411 g/mol. The smallest absolute Gasteiger partial charge is 0.191 e. The molecular formula is C23H37N7. The van der Waals surface area contributed by atoms with Crippen LogP contribution in [0.3, 0.4) is 0 Å². The summed E-state index contributed by atoms with van der Waals surface area (Å²) in [5, 5.41) is 11.2. The van der Waals surface area contributed by atoms with E-state index >= 15 is 0 Å². The molecule has 7 nitrogen and oxygen atoms in total. The number of hydrogen-bond donors (Lipinski definition) is 2. The Morgan fingerprint density at radius 1 is 1.13 bits per heavy atom. The molecule has 0 bridgehead atoms. The van der Waals surface area contributed by atoms with Crippen LogP contribution in [0.1, 0.15) is 42.5 Å². The number of aromatic nitrogens is 2. The number of nitrogens with one attached hydrogen (secondary N) is 2. The summed E-state index contributed by atoms with van der Waals surface area (Å²) in [5.74, 6) is 0.842. The molecule has 0 spiro atoms. The minimum Gasteiger partial charge on any atom is -0.357 e. The third-order valence-electron chi connectivity index (χ3n) is 5.59. The van der Waals surface area contributed by atoms with Crippen molar-refractivity contribution >= 4 is 5.96 Å². The number of guanidine groups is 1. The van der Waals surface area contributed by atoms with E-state index in [9.17, 15) is 0 Å². The normalized spacial score (nSPS) is 16.2. The average Bonchev–Trinajstić information content (AvgIpc) is 3.39. The van der Waals surface area contributed by atoms with E-state index in [1.165, 1.54) is 42.6 Å². The predicted molar refractivity (Wildman–Crippen MR) is 123 cm³/mol. The summed E-state index contributed by atoms with van der Waals surface area (Å²) in [6.07, 6.45) is 6.67. The quantitative estimate of drug-likeness (QED) is 0.490. The van der Waals surface area contributed by atoms with Gasteiger partial charge in [-0.2, -0.15) is 5.10 Å². The lowest BCUT2D eigenvalue weighted by Gasteiger charge is -2.24. The summed E-state index contributed by atoms with van der Waals surface area (Å²) in [6.45, 7) is 7.88. The van der Waals surface area contributed by atoms with Gasteiger partial charge in [0.2, 0.25) is 0 Å². The van der Waals surface area contributed by atoms with Gasteiger partial charge in [-0.1, -0.05) is 24.3 Å². The fourth-order valence-corrected chi connectivity index (χ4v) is 3.87. The van der Waals surface area contributed by atoms with E-state index in [1.807, 2.05) is 17.9 Å². The van der Waals surface area contributed by atoms with Crippen molar-refractivity contribution in [3.8, 4) is 0 Å². The van der Waals surface area contributed by atoms with Crippen molar-refractivity contribution < 1.29 is 0 Å². The van der Waals surface area contributed by atoms with Gasteiger partial charge < -0.3 is 15.5 Å². The predicted octanol–water partition coefficient (Wildman–Crippen LogP) is 2.37. The number of rotatable bonds is 9. The number of hydrogen-bond acceptors (Lipinski definition) is 4. The van der Waals surface area contributed by atoms with E-state index in [-0.39, 0.29) is 6.04 Å². The maximum Gasteiger partial charge on any atom is 0.191 e. The van der Waals surface area contributed by atoms with Crippen LogP contribution in [-0.4, -0.2) is 65.8 Å². The van der Waals surface area contributed by atoms with Crippen molar-refractivity contribution in [2.24, 2.45) is 12.0 Å². The standard InChI is InChI=1S/C23H37N7/c1-5-24-23(26-16-22(28(2)3)21-15-27-29(4)18-21)25-14-19-8-10-20(11-9-19)17-30-12-6-7-13-30/h8-11,15,18,22H,5-7,12-14,16-17H2,1-4H3,(H2,24,25,26). The fraction of sp³-hybridized carbons (Fsp3) is 0.565. The van der Waals surface area contributed by atoms with Gasteiger partial charge >= 0.3 is 0 Å². The van der Waals surface area contributed by atoms with Crippen LogP contribution in [-0.2, 0) is 20.1 Å². The Hall–Kier alpha value is -2.38. The summed E-state index contributed by atoms with van der Waals surface area (Å²) >= 11 is 0. The van der Waals surface area contributed by atoms with Gasteiger partial charge in [0, 0.05) is 38.4 Å². The van der Waals surface area contributed by atoms with Crippen LogP contribution in [0.25, 0.3) is 0 Å². The van der Waals surface area contributed by atoms with Gasteiger partial charge in [0.15, 0.2) is 5.96 Å². The lowest BCUT2D eigenvalue weighted by atomic mass is 10.1. The molecule has 7 heteroatoms. The average molecular weight is 412 g/mol. The van der Waals surface area contributed by atoms with Crippen molar-refractivity contribution in [2.75, 3.05) is 40.3 Å². The van der Waals surface area contributed by atoms with Crippen LogP contribution >= 0.6 is 0 Å². The molecule has 1 unspecified atom stereocenters. The lowest BCUT2D eigenvalue weighted by molar-refractivity contribution is 0.298. The number of aryl methyl sites for hydroxylation is 1. The molecule has 0 radical (unpaired) electrons. The van der Waals surface area contributed by atoms with Crippen LogP contribution < -0.4 is 10.6 Å². The van der Waals surface area contributed by atoms with Crippen molar-refractivity contribution in [3.05, 3.63) is 53.3 Å². The van der Waals surface area contributed by atoms with Crippen molar-refractivity contribution in [1.29, 1.82) is 0 Å². The van der Waals surface area contributed by atoms with Gasteiger partial charge in [-0.05, 0) is 58.1 Å². The third kappa shape index (κ3) is 6.57. The molecule has 2 heterocycles. The summed E-state index contributed by atoms with van der Waals surface area (Å²) < 4.78 is 1.85. The number of nitrogens with zero attached hydrogens (tertiary/aromatic N) is 5. The maximum atomic E-state index is 4.79. The van der Waals surface area contributed by atoms with Gasteiger partial charge in [-0.3, -0.25) is 9.58 Å². The van der Waals surface area contributed by atoms with Crippen molar-refractivity contribution in [2.45, 2.75) is 38.9 Å². The first-order chi connectivity index (χ1) is 14.5. The first-order valence-corrected chi connectivity index (χ1v) is 11.0. The zero-order chi connectivity index (χ0) is 21.3. The molecular weight excluding hydrogens is 374 g/mol. The molecule has 1 saturated heterocycles. The molecule has 1 aromatic carbocycles. The largest absolute Gasteiger partial charge is 0.357 e. The van der Waals surface area contributed by atoms with E-state index < -0.39 is 0 Å². The summed E-state index contributed by atoms with van der Waals surface area (Å²) in [5.41, 5.74) is 3.81. The molecule has 1 atom stereocenters. The lowest BCUT2D eigenvalue weighted by Crippen LogP contribution is -2.41. The molecule has 30 heavy (non-hydrogen) atoms. The number of benzene rings is 1. The van der Waals surface area contributed by atoms with E-state index in [1.54, 1.807) is 0 Å². The third-order valence-corrected chi connectivity index (χ3v) is 5.59. The van der Waals surface area contributed by atoms with Gasteiger partial charge in [-0.25, -0.2) is 4.99 Å².